The quantitative estimate of drug-likeness (QED) is 0.882. The van der Waals surface area contributed by atoms with Crippen LogP contribution in [0.2, 0.25) is 0 Å². The molecule has 1 aliphatic heterocycles. The molecule has 0 radical (unpaired) electrons. The number of carbonyl (C=O) groups is 2. The van der Waals surface area contributed by atoms with E-state index in [0.717, 1.165) is 6.42 Å². The van der Waals surface area contributed by atoms with Crippen molar-refractivity contribution in [3.63, 3.8) is 0 Å². The molecule has 1 aromatic rings. The van der Waals surface area contributed by atoms with Gasteiger partial charge in [-0.3, -0.25) is 4.79 Å². The summed E-state index contributed by atoms with van der Waals surface area (Å²) in [6.07, 6.45) is 1.36. The van der Waals surface area contributed by atoms with Crippen LogP contribution in [0.15, 0.2) is 24.3 Å². The number of carbonyl (C=O) groups excluding carboxylic acids is 1. The van der Waals surface area contributed by atoms with Gasteiger partial charge in [-0.2, -0.15) is 0 Å². The smallest absolute Gasteiger partial charge is 0.317 e. The van der Waals surface area contributed by atoms with Gasteiger partial charge in [-0.1, -0.05) is 31.2 Å². The second-order valence-electron chi connectivity index (χ2n) is 5.07. The van der Waals surface area contributed by atoms with Gasteiger partial charge in [0.05, 0.1) is 5.92 Å². The minimum Gasteiger partial charge on any atom is -0.481 e. The minimum absolute atomic E-state index is 0.181. The summed E-state index contributed by atoms with van der Waals surface area (Å²) in [5.41, 5.74) is 2.45. The summed E-state index contributed by atoms with van der Waals surface area (Å²) in [4.78, 5) is 24.7. The summed E-state index contributed by atoms with van der Waals surface area (Å²) in [6, 6.07) is 7.91. The van der Waals surface area contributed by atoms with E-state index in [9.17, 15) is 9.59 Å². The maximum atomic E-state index is 12.1. The van der Waals surface area contributed by atoms with E-state index in [0.29, 0.717) is 19.5 Å². The maximum Gasteiger partial charge on any atom is 0.317 e. The SMILES string of the molecule is CCC(CNC(=O)N1CCc2ccccc2C1)C(=O)O. The van der Waals surface area contributed by atoms with Crippen LogP contribution in [0.3, 0.4) is 0 Å². The van der Waals surface area contributed by atoms with Gasteiger partial charge in [-0.25, -0.2) is 4.79 Å². The fourth-order valence-corrected chi connectivity index (χ4v) is 2.40. The zero-order chi connectivity index (χ0) is 14.5. The molecule has 0 saturated carbocycles. The molecule has 5 heteroatoms. The molecule has 2 amide bonds. The summed E-state index contributed by atoms with van der Waals surface area (Å²) in [6.45, 7) is 3.25. The van der Waals surface area contributed by atoms with Crippen molar-refractivity contribution in [2.75, 3.05) is 13.1 Å². The second kappa shape index (κ2) is 6.41. The van der Waals surface area contributed by atoms with Gasteiger partial charge in [-0.05, 0) is 24.0 Å². The number of urea groups is 1. The zero-order valence-corrected chi connectivity index (χ0v) is 11.6. The molecule has 0 saturated heterocycles. The number of hydrogen-bond acceptors (Lipinski definition) is 2. The molecule has 2 N–H and O–H groups in total. The van der Waals surface area contributed by atoms with Crippen molar-refractivity contribution in [2.24, 2.45) is 5.92 Å². The minimum atomic E-state index is -0.864. The van der Waals surface area contributed by atoms with Gasteiger partial charge in [-0.15, -0.1) is 0 Å². The molecule has 0 bridgehead atoms. The molecule has 108 valence electrons. The molecule has 2 rings (SSSR count). The highest BCUT2D eigenvalue weighted by atomic mass is 16.4. The highest BCUT2D eigenvalue weighted by Crippen LogP contribution is 2.18. The number of aliphatic carboxylic acids is 1. The normalized spacial score (nSPS) is 15.3. The van der Waals surface area contributed by atoms with Crippen LogP contribution in [0.5, 0.6) is 0 Å². The van der Waals surface area contributed by atoms with E-state index in [-0.39, 0.29) is 12.6 Å². The van der Waals surface area contributed by atoms with Gasteiger partial charge >= 0.3 is 12.0 Å². The predicted octanol–water partition coefficient (Wildman–Crippen LogP) is 1.87. The molecular formula is C15H20N2O3. The Morgan fingerprint density at radius 1 is 1.35 bits per heavy atom. The monoisotopic (exact) mass is 276 g/mol. The van der Waals surface area contributed by atoms with E-state index < -0.39 is 11.9 Å². The first-order valence-corrected chi connectivity index (χ1v) is 6.94. The summed E-state index contributed by atoms with van der Waals surface area (Å²) in [7, 11) is 0. The van der Waals surface area contributed by atoms with Crippen LogP contribution < -0.4 is 5.32 Å². The third-order valence-electron chi connectivity index (χ3n) is 3.76. The molecule has 1 aliphatic rings. The van der Waals surface area contributed by atoms with Gasteiger partial charge in [0.15, 0.2) is 0 Å². The Labute approximate surface area is 118 Å². The number of rotatable bonds is 4. The zero-order valence-electron chi connectivity index (χ0n) is 11.6. The molecule has 20 heavy (non-hydrogen) atoms. The lowest BCUT2D eigenvalue weighted by atomic mass is 10.0. The van der Waals surface area contributed by atoms with Gasteiger partial charge in [0, 0.05) is 19.6 Å². The Hall–Kier alpha value is -2.04. The van der Waals surface area contributed by atoms with Gasteiger partial charge < -0.3 is 15.3 Å². The van der Waals surface area contributed by atoms with Crippen molar-refractivity contribution in [3.8, 4) is 0 Å². The van der Waals surface area contributed by atoms with E-state index in [1.807, 2.05) is 25.1 Å². The Morgan fingerprint density at radius 2 is 2.05 bits per heavy atom. The van der Waals surface area contributed by atoms with Crippen molar-refractivity contribution in [1.82, 2.24) is 10.2 Å². The molecule has 5 nitrogen and oxygen atoms in total. The fraction of sp³-hybridized carbons (Fsp3) is 0.467. The Kier molecular flexibility index (Phi) is 4.61. The molecule has 1 atom stereocenters. The summed E-state index contributed by atoms with van der Waals surface area (Å²) >= 11 is 0. The third kappa shape index (κ3) is 3.29. The topological polar surface area (TPSA) is 69.6 Å². The van der Waals surface area contributed by atoms with Crippen LogP contribution in [0, 0.1) is 5.92 Å². The first-order chi connectivity index (χ1) is 9.61. The van der Waals surface area contributed by atoms with Crippen LogP contribution >= 0.6 is 0 Å². The number of hydrogen-bond donors (Lipinski definition) is 2. The largest absolute Gasteiger partial charge is 0.481 e. The van der Waals surface area contributed by atoms with E-state index in [1.54, 1.807) is 4.90 Å². The summed E-state index contributed by atoms with van der Waals surface area (Å²) < 4.78 is 0. The molecule has 0 spiro atoms. The van der Waals surface area contributed by atoms with Crippen molar-refractivity contribution in [2.45, 2.75) is 26.3 Å². The fourth-order valence-electron chi connectivity index (χ4n) is 2.40. The molecular weight excluding hydrogens is 256 g/mol. The number of amides is 2. The Balaban J connectivity index is 1.90. The molecule has 0 aromatic heterocycles. The second-order valence-corrected chi connectivity index (χ2v) is 5.07. The number of carboxylic acids is 1. The molecule has 1 aromatic carbocycles. The predicted molar refractivity (Wildman–Crippen MR) is 75.4 cm³/mol. The molecule has 1 heterocycles. The first-order valence-electron chi connectivity index (χ1n) is 6.94. The van der Waals surface area contributed by atoms with Gasteiger partial charge in [0.25, 0.3) is 0 Å². The Bertz CT molecular complexity index is 502. The van der Waals surface area contributed by atoms with Crippen LogP contribution in [-0.2, 0) is 17.8 Å². The van der Waals surface area contributed by atoms with Crippen molar-refractivity contribution in [3.05, 3.63) is 35.4 Å². The number of nitrogens with one attached hydrogen (secondary N) is 1. The number of fused-ring (bicyclic) bond motifs is 1. The van der Waals surface area contributed by atoms with Crippen molar-refractivity contribution < 1.29 is 14.7 Å². The van der Waals surface area contributed by atoms with Crippen molar-refractivity contribution >= 4 is 12.0 Å². The lowest BCUT2D eigenvalue weighted by Crippen LogP contribution is -2.44. The van der Waals surface area contributed by atoms with Gasteiger partial charge in [0.1, 0.15) is 0 Å². The highest BCUT2D eigenvalue weighted by molar-refractivity contribution is 5.76. The van der Waals surface area contributed by atoms with Crippen LogP contribution in [0.4, 0.5) is 4.79 Å². The average Bonchev–Trinajstić information content (AvgIpc) is 2.46. The van der Waals surface area contributed by atoms with Crippen LogP contribution in [0.1, 0.15) is 24.5 Å². The number of nitrogens with zero attached hydrogens (tertiary/aromatic N) is 1. The third-order valence-corrected chi connectivity index (χ3v) is 3.76. The average molecular weight is 276 g/mol. The molecule has 0 fully saturated rings. The molecule has 0 aliphatic carbocycles. The number of carboxylic acid groups (broad SMARTS) is 1. The standard InChI is InChI=1S/C15H20N2O3/c1-2-11(14(18)19)9-16-15(20)17-8-7-12-5-3-4-6-13(12)10-17/h3-6,11H,2,7-10H2,1H3,(H,16,20)(H,18,19). The van der Waals surface area contributed by atoms with Crippen molar-refractivity contribution in [1.29, 1.82) is 0 Å². The van der Waals surface area contributed by atoms with Crippen LogP contribution in [-0.4, -0.2) is 35.1 Å². The Morgan fingerprint density at radius 3 is 2.70 bits per heavy atom. The summed E-state index contributed by atoms with van der Waals surface area (Å²) in [5.74, 6) is -1.38. The van der Waals surface area contributed by atoms with E-state index in [2.05, 4.69) is 11.4 Å². The summed E-state index contributed by atoms with van der Waals surface area (Å²) in [5, 5.41) is 11.7. The highest BCUT2D eigenvalue weighted by Gasteiger charge is 2.22. The van der Waals surface area contributed by atoms with E-state index in [4.69, 9.17) is 5.11 Å². The van der Waals surface area contributed by atoms with E-state index >= 15 is 0 Å². The first kappa shape index (κ1) is 14.4. The maximum absolute atomic E-state index is 12.1. The van der Waals surface area contributed by atoms with E-state index in [1.165, 1.54) is 11.1 Å². The molecule has 1 unspecified atom stereocenters. The van der Waals surface area contributed by atoms with Gasteiger partial charge in [0.2, 0.25) is 0 Å². The van der Waals surface area contributed by atoms with Crippen LogP contribution in [0.25, 0.3) is 0 Å². The lowest BCUT2D eigenvalue weighted by Gasteiger charge is -2.29. The number of benzene rings is 1. The lowest BCUT2D eigenvalue weighted by molar-refractivity contribution is -0.141.